The third kappa shape index (κ3) is 4.97. The van der Waals surface area contributed by atoms with Gasteiger partial charge in [-0.3, -0.25) is 9.08 Å². The van der Waals surface area contributed by atoms with E-state index < -0.39 is 18.7 Å². The number of anilines is 2. The van der Waals surface area contributed by atoms with Gasteiger partial charge in [-0.15, -0.1) is 10.2 Å². The predicted molar refractivity (Wildman–Crippen MR) is 106 cm³/mol. The Balaban J connectivity index is 1.51. The van der Waals surface area contributed by atoms with Gasteiger partial charge in [-0.05, 0) is 24.6 Å². The van der Waals surface area contributed by atoms with Gasteiger partial charge in [0.1, 0.15) is 11.6 Å². The van der Waals surface area contributed by atoms with Crippen molar-refractivity contribution in [3.63, 3.8) is 0 Å². The number of halogens is 3. The highest BCUT2D eigenvalue weighted by molar-refractivity contribution is 5.65. The molecule has 0 aliphatic heterocycles. The summed E-state index contributed by atoms with van der Waals surface area (Å²) in [5, 5.41) is 25.2. The van der Waals surface area contributed by atoms with E-state index in [1.165, 1.54) is 0 Å². The molecule has 0 aromatic carbocycles. The zero-order chi connectivity index (χ0) is 22.0. The summed E-state index contributed by atoms with van der Waals surface area (Å²) >= 11 is 0. The Morgan fingerprint density at radius 2 is 2.00 bits per heavy atom. The monoisotopic (exact) mass is 432 g/mol. The number of aliphatic hydroxyl groups excluding tert-OH is 1. The number of aliphatic hydroxyl groups is 1. The maximum atomic E-state index is 12.3. The van der Waals surface area contributed by atoms with Crippen molar-refractivity contribution in [3.05, 3.63) is 48.7 Å². The highest BCUT2D eigenvalue weighted by Crippen LogP contribution is 2.24. The van der Waals surface area contributed by atoms with Crippen molar-refractivity contribution in [2.75, 3.05) is 5.32 Å². The van der Waals surface area contributed by atoms with E-state index in [0.29, 0.717) is 23.1 Å². The first-order chi connectivity index (χ1) is 14.8. The molecular weight excluding hydrogens is 413 g/mol. The van der Waals surface area contributed by atoms with Crippen LogP contribution in [0.5, 0.6) is 0 Å². The van der Waals surface area contributed by atoms with Crippen molar-refractivity contribution >= 4 is 17.4 Å². The molecule has 2 N–H and O–H groups in total. The molecule has 12 heteroatoms. The van der Waals surface area contributed by atoms with Crippen molar-refractivity contribution in [3.8, 4) is 11.3 Å². The summed E-state index contributed by atoms with van der Waals surface area (Å²) in [6.45, 7) is 0. The summed E-state index contributed by atoms with van der Waals surface area (Å²) < 4.78 is 40.3. The zero-order valence-electron chi connectivity index (χ0n) is 16.5. The van der Waals surface area contributed by atoms with Crippen LogP contribution in [0.3, 0.4) is 0 Å². The summed E-state index contributed by atoms with van der Waals surface area (Å²) in [7, 11) is 1.79. The van der Waals surface area contributed by atoms with Crippen LogP contribution in [0.15, 0.2) is 42.9 Å². The molecule has 31 heavy (non-hydrogen) atoms. The van der Waals surface area contributed by atoms with E-state index in [1.54, 1.807) is 59.0 Å². The van der Waals surface area contributed by atoms with E-state index in [-0.39, 0.29) is 12.8 Å². The van der Waals surface area contributed by atoms with Gasteiger partial charge in [0.25, 0.3) is 0 Å². The number of rotatable bonds is 7. The van der Waals surface area contributed by atoms with Gasteiger partial charge in [-0.25, -0.2) is 9.97 Å². The smallest absolute Gasteiger partial charge is 0.389 e. The number of hydrogen-bond acceptors (Lipinski definition) is 7. The van der Waals surface area contributed by atoms with Gasteiger partial charge in [0.05, 0.1) is 18.0 Å². The van der Waals surface area contributed by atoms with Gasteiger partial charge in [0.2, 0.25) is 5.95 Å². The first-order valence-electron chi connectivity index (χ1n) is 9.45. The number of hydrogen-bond donors (Lipinski definition) is 2. The number of aryl methyl sites for hydroxylation is 1. The normalized spacial score (nSPS) is 12.9. The van der Waals surface area contributed by atoms with Crippen molar-refractivity contribution in [1.29, 1.82) is 0 Å². The lowest BCUT2D eigenvalue weighted by Crippen LogP contribution is -2.17. The summed E-state index contributed by atoms with van der Waals surface area (Å²) in [5.74, 6) is 1.52. The molecule has 4 rings (SSSR count). The summed E-state index contributed by atoms with van der Waals surface area (Å²) in [6.07, 6.45) is -1.93. The van der Waals surface area contributed by atoms with Gasteiger partial charge < -0.3 is 10.4 Å². The number of aromatic nitrogens is 7. The molecule has 1 atom stereocenters. The maximum Gasteiger partial charge on any atom is 0.389 e. The highest BCUT2D eigenvalue weighted by Gasteiger charge is 2.28. The van der Waals surface area contributed by atoms with E-state index in [4.69, 9.17) is 0 Å². The molecule has 0 spiro atoms. The van der Waals surface area contributed by atoms with Crippen LogP contribution < -0.4 is 5.32 Å². The standard InChI is InChI=1S/C19H19F3N8O/c1-29-15(4-8-24-29)26-18-23-7-3-14(25-18)12-5-9-30-16(10-12)27-28-17(30)11-13(31)2-6-19(20,21)22/h3-5,7-10,13,31H,2,6,11H2,1H3,(H,23,25,26)/t13-/m0/s1. The van der Waals surface area contributed by atoms with Crippen LogP contribution in [0.2, 0.25) is 0 Å². The molecule has 0 bridgehead atoms. The summed E-state index contributed by atoms with van der Waals surface area (Å²) in [4.78, 5) is 8.71. The minimum Gasteiger partial charge on any atom is -0.393 e. The fourth-order valence-corrected chi connectivity index (χ4v) is 3.07. The highest BCUT2D eigenvalue weighted by atomic mass is 19.4. The SMILES string of the molecule is Cn1nccc1Nc1nccc(-c2ccn3c(C[C@@H](O)CCC(F)(F)F)nnc3c2)n1. The fourth-order valence-electron chi connectivity index (χ4n) is 3.07. The second-order valence-electron chi connectivity index (χ2n) is 7.00. The van der Waals surface area contributed by atoms with Gasteiger partial charge in [-0.1, -0.05) is 0 Å². The Hall–Kier alpha value is -3.54. The van der Waals surface area contributed by atoms with Gasteiger partial charge in [0, 0.05) is 43.9 Å². The van der Waals surface area contributed by atoms with Crippen LogP contribution in [0.4, 0.5) is 24.9 Å². The molecule has 0 amide bonds. The lowest BCUT2D eigenvalue weighted by molar-refractivity contribution is -0.139. The van der Waals surface area contributed by atoms with Crippen LogP contribution in [0.25, 0.3) is 16.9 Å². The summed E-state index contributed by atoms with van der Waals surface area (Å²) in [5.41, 5.74) is 1.91. The molecule has 0 saturated heterocycles. The maximum absolute atomic E-state index is 12.3. The Labute approximate surface area is 174 Å². The number of fused-ring (bicyclic) bond motifs is 1. The van der Waals surface area contributed by atoms with Gasteiger partial charge in [0.15, 0.2) is 5.65 Å². The van der Waals surface area contributed by atoms with Crippen LogP contribution in [0.1, 0.15) is 18.7 Å². The Bertz CT molecular complexity index is 1190. The number of nitrogens with zero attached hydrogens (tertiary/aromatic N) is 7. The molecular formula is C19H19F3N8O. The van der Waals surface area contributed by atoms with Crippen molar-refractivity contribution in [1.82, 2.24) is 34.3 Å². The molecule has 4 aromatic heterocycles. The molecule has 4 heterocycles. The first-order valence-corrected chi connectivity index (χ1v) is 9.45. The lowest BCUT2D eigenvalue weighted by Gasteiger charge is -2.11. The molecule has 162 valence electrons. The molecule has 0 unspecified atom stereocenters. The average molecular weight is 432 g/mol. The minimum atomic E-state index is -4.30. The molecule has 0 saturated carbocycles. The lowest BCUT2D eigenvalue weighted by atomic mass is 10.1. The molecule has 0 radical (unpaired) electrons. The van der Waals surface area contributed by atoms with E-state index >= 15 is 0 Å². The third-order valence-electron chi connectivity index (χ3n) is 4.67. The third-order valence-corrected chi connectivity index (χ3v) is 4.67. The van der Waals surface area contributed by atoms with Gasteiger partial charge in [-0.2, -0.15) is 18.3 Å². The quantitative estimate of drug-likeness (QED) is 0.463. The second-order valence-corrected chi connectivity index (χ2v) is 7.00. The average Bonchev–Trinajstić information content (AvgIpc) is 3.32. The van der Waals surface area contributed by atoms with Crippen LogP contribution >= 0.6 is 0 Å². The van der Waals surface area contributed by atoms with E-state index in [9.17, 15) is 18.3 Å². The van der Waals surface area contributed by atoms with Crippen molar-refractivity contribution in [2.24, 2.45) is 7.05 Å². The number of pyridine rings is 1. The largest absolute Gasteiger partial charge is 0.393 e. The predicted octanol–water partition coefficient (Wildman–Crippen LogP) is 2.91. The Morgan fingerprint density at radius 1 is 1.16 bits per heavy atom. The molecule has 0 aliphatic carbocycles. The van der Waals surface area contributed by atoms with E-state index in [2.05, 4.69) is 30.6 Å². The molecule has 0 fully saturated rings. The van der Waals surface area contributed by atoms with Crippen LogP contribution in [-0.2, 0) is 13.5 Å². The van der Waals surface area contributed by atoms with Crippen LogP contribution in [0, 0.1) is 0 Å². The molecule has 0 aliphatic rings. The number of nitrogens with one attached hydrogen (secondary N) is 1. The fraction of sp³-hybridized carbons (Fsp3) is 0.316. The topological polar surface area (TPSA) is 106 Å². The molecule has 9 nitrogen and oxygen atoms in total. The Morgan fingerprint density at radius 3 is 2.74 bits per heavy atom. The number of alkyl halides is 3. The Kier molecular flexibility index (Phi) is 5.55. The zero-order valence-corrected chi connectivity index (χ0v) is 16.5. The van der Waals surface area contributed by atoms with E-state index in [0.717, 1.165) is 11.4 Å². The van der Waals surface area contributed by atoms with Crippen molar-refractivity contribution < 1.29 is 18.3 Å². The summed E-state index contributed by atoms with van der Waals surface area (Å²) in [6, 6.07) is 7.09. The second kappa shape index (κ2) is 8.30. The van der Waals surface area contributed by atoms with Gasteiger partial charge >= 0.3 is 6.18 Å². The minimum absolute atomic E-state index is 0.0249. The first kappa shape index (κ1) is 20.7. The van der Waals surface area contributed by atoms with Crippen LogP contribution in [-0.4, -0.2) is 51.7 Å². The molecule has 4 aromatic rings. The van der Waals surface area contributed by atoms with E-state index in [1.807, 2.05) is 0 Å². The van der Waals surface area contributed by atoms with Crippen molar-refractivity contribution in [2.45, 2.75) is 31.5 Å².